The number of nitrogens with zero attached hydrogens (tertiary/aromatic N) is 1. The van der Waals surface area contributed by atoms with Crippen molar-refractivity contribution in [2.45, 2.75) is 77.3 Å². The molecule has 0 spiro atoms. The number of carbonyl (C=O) groups is 1. The Kier molecular flexibility index (Phi) is 7.52. The lowest BCUT2D eigenvalue weighted by molar-refractivity contribution is -0.124. The van der Waals surface area contributed by atoms with Gasteiger partial charge in [-0.05, 0) is 32.2 Å². The minimum Gasteiger partial charge on any atom is -0.352 e. The van der Waals surface area contributed by atoms with Crippen LogP contribution in [0.25, 0.3) is 0 Å². The summed E-state index contributed by atoms with van der Waals surface area (Å²) in [6.45, 7) is 8.41. The average molecular weight is 283 g/mol. The zero-order chi connectivity index (χ0) is 15.0. The van der Waals surface area contributed by atoms with Crippen LogP contribution in [0.4, 0.5) is 0 Å². The second kappa shape index (κ2) is 8.63. The summed E-state index contributed by atoms with van der Waals surface area (Å²) in [7, 11) is 0. The first-order valence-corrected chi connectivity index (χ1v) is 8.36. The molecule has 0 atom stereocenters. The highest BCUT2D eigenvalue weighted by molar-refractivity contribution is 5.78. The topological polar surface area (TPSA) is 58.4 Å². The van der Waals surface area contributed by atoms with Gasteiger partial charge in [0.2, 0.25) is 5.91 Å². The summed E-state index contributed by atoms with van der Waals surface area (Å²) in [5, 5.41) is 3.21. The van der Waals surface area contributed by atoms with E-state index in [9.17, 15) is 4.79 Å². The molecule has 0 aromatic rings. The van der Waals surface area contributed by atoms with Crippen LogP contribution >= 0.6 is 0 Å². The highest BCUT2D eigenvalue weighted by atomic mass is 16.2. The van der Waals surface area contributed by atoms with Crippen molar-refractivity contribution >= 4 is 5.91 Å². The van der Waals surface area contributed by atoms with Crippen molar-refractivity contribution in [3.8, 4) is 0 Å². The molecule has 0 radical (unpaired) electrons. The van der Waals surface area contributed by atoms with E-state index in [1.54, 1.807) is 0 Å². The van der Waals surface area contributed by atoms with Crippen LogP contribution in [0.2, 0.25) is 0 Å². The Hall–Kier alpha value is -0.610. The summed E-state index contributed by atoms with van der Waals surface area (Å²) in [5.41, 5.74) is 5.96. The molecule has 1 rings (SSSR count). The monoisotopic (exact) mass is 283 g/mol. The summed E-state index contributed by atoms with van der Waals surface area (Å²) in [6.07, 6.45) is 8.08. The maximum Gasteiger partial charge on any atom is 0.234 e. The Bertz CT molecular complexity index is 275. The molecule has 0 aliphatic heterocycles. The van der Waals surface area contributed by atoms with Crippen molar-refractivity contribution in [3.63, 3.8) is 0 Å². The first kappa shape index (κ1) is 17.4. The van der Waals surface area contributed by atoms with Crippen LogP contribution in [0.1, 0.15) is 65.7 Å². The smallest absolute Gasteiger partial charge is 0.234 e. The van der Waals surface area contributed by atoms with Crippen molar-refractivity contribution in [2.75, 3.05) is 19.6 Å². The van der Waals surface area contributed by atoms with Gasteiger partial charge in [-0.3, -0.25) is 9.69 Å². The number of carbonyl (C=O) groups excluding carboxylic acids is 1. The molecule has 0 bridgehead atoms. The van der Waals surface area contributed by atoms with Crippen molar-refractivity contribution in [1.29, 1.82) is 0 Å². The van der Waals surface area contributed by atoms with Crippen LogP contribution in [0.5, 0.6) is 0 Å². The summed E-state index contributed by atoms with van der Waals surface area (Å²) in [6, 6.07) is 0.394. The van der Waals surface area contributed by atoms with Crippen molar-refractivity contribution in [1.82, 2.24) is 10.2 Å². The predicted molar refractivity (Wildman–Crippen MR) is 84.6 cm³/mol. The van der Waals surface area contributed by atoms with E-state index in [0.29, 0.717) is 19.1 Å². The van der Waals surface area contributed by atoms with Crippen LogP contribution in [0.15, 0.2) is 0 Å². The third-order valence-electron chi connectivity index (χ3n) is 5.05. The molecule has 1 saturated carbocycles. The Morgan fingerprint density at radius 2 is 1.80 bits per heavy atom. The largest absolute Gasteiger partial charge is 0.352 e. The average Bonchev–Trinajstić information content (AvgIpc) is 2.49. The third-order valence-corrected chi connectivity index (χ3v) is 5.05. The molecular formula is C16H33N3O. The molecular weight excluding hydrogens is 250 g/mol. The number of nitrogens with one attached hydrogen (secondary N) is 1. The third kappa shape index (κ3) is 4.45. The van der Waals surface area contributed by atoms with Gasteiger partial charge < -0.3 is 11.1 Å². The number of rotatable bonds is 8. The number of nitrogens with two attached hydrogens (primary N) is 1. The lowest BCUT2D eigenvalue weighted by Crippen LogP contribution is -2.56. The van der Waals surface area contributed by atoms with Gasteiger partial charge in [-0.1, -0.05) is 40.0 Å². The van der Waals surface area contributed by atoms with Gasteiger partial charge in [0, 0.05) is 18.1 Å². The van der Waals surface area contributed by atoms with Crippen LogP contribution in [-0.2, 0) is 4.79 Å². The first-order valence-electron chi connectivity index (χ1n) is 8.36. The minimum atomic E-state index is -0.0291. The summed E-state index contributed by atoms with van der Waals surface area (Å²) < 4.78 is 0. The number of hydrogen-bond donors (Lipinski definition) is 2. The fourth-order valence-corrected chi connectivity index (χ4v) is 3.42. The molecule has 20 heavy (non-hydrogen) atoms. The quantitative estimate of drug-likeness (QED) is 0.718. The van der Waals surface area contributed by atoms with Crippen molar-refractivity contribution in [2.24, 2.45) is 5.73 Å². The molecule has 1 amide bonds. The minimum absolute atomic E-state index is 0.0291. The Morgan fingerprint density at radius 3 is 2.25 bits per heavy atom. The van der Waals surface area contributed by atoms with Gasteiger partial charge >= 0.3 is 0 Å². The fourth-order valence-electron chi connectivity index (χ4n) is 3.42. The molecule has 1 aliphatic rings. The van der Waals surface area contributed by atoms with E-state index in [2.05, 4.69) is 31.0 Å². The highest BCUT2D eigenvalue weighted by Gasteiger charge is 2.32. The van der Waals surface area contributed by atoms with Gasteiger partial charge in [0.05, 0.1) is 6.54 Å². The second-order valence-electron chi connectivity index (χ2n) is 6.05. The van der Waals surface area contributed by atoms with Gasteiger partial charge in [0.25, 0.3) is 0 Å². The van der Waals surface area contributed by atoms with E-state index in [1.165, 1.54) is 19.3 Å². The molecule has 4 nitrogen and oxygen atoms in total. The van der Waals surface area contributed by atoms with Crippen molar-refractivity contribution < 1.29 is 4.79 Å². The highest BCUT2D eigenvalue weighted by Crippen LogP contribution is 2.23. The number of likely N-dealkylation sites (N-methyl/N-ethyl adjacent to an activating group) is 1. The molecule has 118 valence electrons. The molecule has 0 unspecified atom stereocenters. The predicted octanol–water partition coefficient (Wildman–Crippen LogP) is 2.27. The molecule has 0 saturated heterocycles. The van der Waals surface area contributed by atoms with E-state index in [0.717, 1.165) is 32.2 Å². The lowest BCUT2D eigenvalue weighted by Gasteiger charge is -2.41. The normalized spacial score (nSPS) is 17.4. The van der Waals surface area contributed by atoms with Crippen LogP contribution in [0, 0.1) is 0 Å². The standard InChI is InChI=1S/C16H33N3O/c1-4-16(5-2,13-17)19(6-3)12-15(20)18-14-10-8-7-9-11-14/h14H,4-13,17H2,1-3H3,(H,18,20). The Morgan fingerprint density at radius 1 is 1.20 bits per heavy atom. The van der Waals surface area contributed by atoms with Gasteiger partial charge in [0.15, 0.2) is 0 Å². The SMILES string of the molecule is CCN(CC(=O)NC1CCCCC1)C(CC)(CC)CN. The Balaban J connectivity index is 2.55. The second-order valence-corrected chi connectivity index (χ2v) is 6.05. The fraction of sp³-hybridized carbons (Fsp3) is 0.938. The molecule has 3 N–H and O–H groups in total. The van der Waals surface area contributed by atoms with Gasteiger partial charge in [-0.2, -0.15) is 0 Å². The lowest BCUT2D eigenvalue weighted by atomic mass is 9.90. The first-order chi connectivity index (χ1) is 9.61. The number of amides is 1. The molecule has 0 aromatic heterocycles. The Labute approximate surface area is 124 Å². The van der Waals surface area contributed by atoms with E-state index in [-0.39, 0.29) is 11.4 Å². The van der Waals surface area contributed by atoms with Crippen LogP contribution in [-0.4, -0.2) is 42.0 Å². The van der Waals surface area contributed by atoms with Crippen LogP contribution < -0.4 is 11.1 Å². The summed E-state index contributed by atoms with van der Waals surface area (Å²) in [5.74, 6) is 0.165. The zero-order valence-electron chi connectivity index (χ0n) is 13.6. The van der Waals surface area contributed by atoms with E-state index < -0.39 is 0 Å². The van der Waals surface area contributed by atoms with E-state index in [1.807, 2.05) is 0 Å². The molecule has 1 aliphatic carbocycles. The summed E-state index contributed by atoms with van der Waals surface area (Å²) >= 11 is 0. The molecule has 4 heteroatoms. The summed E-state index contributed by atoms with van der Waals surface area (Å²) in [4.78, 5) is 14.5. The maximum absolute atomic E-state index is 12.3. The van der Waals surface area contributed by atoms with E-state index >= 15 is 0 Å². The number of hydrogen-bond acceptors (Lipinski definition) is 3. The molecule has 0 aromatic carbocycles. The van der Waals surface area contributed by atoms with Crippen molar-refractivity contribution in [3.05, 3.63) is 0 Å². The maximum atomic E-state index is 12.3. The zero-order valence-corrected chi connectivity index (χ0v) is 13.6. The van der Waals surface area contributed by atoms with Gasteiger partial charge in [0.1, 0.15) is 0 Å². The molecule has 1 fully saturated rings. The molecule has 0 heterocycles. The van der Waals surface area contributed by atoms with E-state index in [4.69, 9.17) is 5.73 Å². The van der Waals surface area contributed by atoms with Gasteiger partial charge in [-0.25, -0.2) is 0 Å². The van der Waals surface area contributed by atoms with Crippen LogP contribution in [0.3, 0.4) is 0 Å². The van der Waals surface area contributed by atoms with Gasteiger partial charge in [-0.15, -0.1) is 0 Å².